The van der Waals surface area contributed by atoms with Gasteiger partial charge in [-0.3, -0.25) is 10.1 Å². The monoisotopic (exact) mass is 355 g/mol. The molecule has 7 heteroatoms. The van der Waals surface area contributed by atoms with E-state index in [1.54, 1.807) is 24.4 Å². The van der Waals surface area contributed by atoms with Crippen LogP contribution in [-0.4, -0.2) is 15.3 Å². The van der Waals surface area contributed by atoms with Gasteiger partial charge in [-0.1, -0.05) is 18.2 Å². The molecule has 0 fully saturated rings. The Morgan fingerprint density at radius 3 is 2.65 bits per heavy atom. The molecular formula is C19H19N2O5+. The van der Waals surface area contributed by atoms with Crippen LogP contribution in [0.4, 0.5) is 5.82 Å². The summed E-state index contributed by atoms with van der Waals surface area (Å²) in [6, 6.07) is 10.4. The summed E-state index contributed by atoms with van der Waals surface area (Å²) in [5.74, 6) is -0.115. The number of aliphatic hydroxyl groups is 1. The SMILES string of the molecule is Cc1cc[nH+]c(NC(c2ccccc2O)c2oc(CO)cc(=O)c2O)c1. The van der Waals surface area contributed by atoms with E-state index in [1.807, 2.05) is 19.1 Å². The number of aryl methyl sites for hydroxylation is 1. The third-order valence-electron chi connectivity index (χ3n) is 3.92. The van der Waals surface area contributed by atoms with Gasteiger partial charge >= 0.3 is 0 Å². The molecule has 3 rings (SSSR count). The molecule has 7 nitrogen and oxygen atoms in total. The lowest BCUT2D eigenvalue weighted by Crippen LogP contribution is -2.21. The fourth-order valence-corrected chi connectivity index (χ4v) is 2.66. The molecule has 3 aromatic rings. The predicted octanol–water partition coefficient (Wildman–Crippen LogP) is 1.87. The Morgan fingerprint density at radius 2 is 1.96 bits per heavy atom. The Kier molecular flexibility index (Phi) is 4.90. The molecule has 0 saturated carbocycles. The minimum atomic E-state index is -0.867. The van der Waals surface area contributed by atoms with Crippen molar-refractivity contribution in [2.45, 2.75) is 19.6 Å². The van der Waals surface area contributed by atoms with Gasteiger partial charge in [-0.2, -0.15) is 0 Å². The van der Waals surface area contributed by atoms with Crippen molar-refractivity contribution in [3.8, 4) is 11.5 Å². The Morgan fingerprint density at radius 1 is 1.19 bits per heavy atom. The quantitative estimate of drug-likeness (QED) is 0.555. The molecule has 134 valence electrons. The number of anilines is 1. The molecule has 26 heavy (non-hydrogen) atoms. The molecule has 0 radical (unpaired) electrons. The Bertz CT molecular complexity index is 984. The number of rotatable bonds is 5. The van der Waals surface area contributed by atoms with E-state index in [9.17, 15) is 20.1 Å². The number of benzene rings is 1. The van der Waals surface area contributed by atoms with Crippen molar-refractivity contribution in [3.05, 3.63) is 81.5 Å². The smallest absolute Gasteiger partial charge is 0.273 e. The first-order valence-electron chi connectivity index (χ1n) is 7.99. The van der Waals surface area contributed by atoms with Crippen LogP contribution in [0.1, 0.15) is 28.7 Å². The number of H-pyrrole nitrogens is 1. The van der Waals surface area contributed by atoms with E-state index in [0.717, 1.165) is 11.6 Å². The number of phenolic OH excluding ortho intramolecular Hbond substituents is 1. The van der Waals surface area contributed by atoms with E-state index < -0.39 is 23.8 Å². The predicted molar refractivity (Wildman–Crippen MR) is 93.9 cm³/mol. The number of phenols is 1. The molecule has 0 aliphatic rings. The maximum atomic E-state index is 12.0. The van der Waals surface area contributed by atoms with Crippen molar-refractivity contribution in [2.75, 3.05) is 5.32 Å². The lowest BCUT2D eigenvalue weighted by Gasteiger charge is -2.17. The van der Waals surface area contributed by atoms with Crippen molar-refractivity contribution in [1.82, 2.24) is 0 Å². The second kappa shape index (κ2) is 7.28. The van der Waals surface area contributed by atoms with Gasteiger partial charge in [0.05, 0.1) is 6.20 Å². The summed E-state index contributed by atoms with van der Waals surface area (Å²) in [5, 5.41) is 33.0. The third-order valence-corrected chi connectivity index (χ3v) is 3.92. The van der Waals surface area contributed by atoms with Crippen LogP contribution in [0, 0.1) is 6.92 Å². The van der Waals surface area contributed by atoms with E-state index in [1.165, 1.54) is 6.07 Å². The number of hydrogen-bond acceptors (Lipinski definition) is 6. The van der Waals surface area contributed by atoms with Crippen molar-refractivity contribution in [3.63, 3.8) is 0 Å². The average Bonchev–Trinajstić information content (AvgIpc) is 2.63. The van der Waals surface area contributed by atoms with Crippen LogP contribution < -0.4 is 15.7 Å². The molecule has 2 heterocycles. The summed E-state index contributed by atoms with van der Waals surface area (Å²) >= 11 is 0. The van der Waals surface area contributed by atoms with Crippen LogP contribution in [-0.2, 0) is 6.61 Å². The van der Waals surface area contributed by atoms with Gasteiger partial charge in [0.15, 0.2) is 11.8 Å². The second-order valence-electron chi connectivity index (χ2n) is 5.86. The van der Waals surface area contributed by atoms with Gasteiger partial charge in [0.1, 0.15) is 18.1 Å². The van der Waals surface area contributed by atoms with E-state index in [-0.39, 0.29) is 17.3 Å². The molecule has 5 N–H and O–H groups in total. The van der Waals surface area contributed by atoms with Gasteiger partial charge in [0.2, 0.25) is 11.2 Å². The zero-order chi connectivity index (χ0) is 18.7. The summed E-state index contributed by atoms with van der Waals surface area (Å²) in [6.45, 7) is 1.42. The molecule has 0 amide bonds. The Hall–Kier alpha value is -3.32. The Labute approximate surface area is 149 Å². The topological polar surface area (TPSA) is 117 Å². The van der Waals surface area contributed by atoms with Gasteiger partial charge < -0.3 is 19.7 Å². The average molecular weight is 355 g/mol. The largest absolute Gasteiger partial charge is 0.507 e. The number of pyridine rings is 1. The third kappa shape index (κ3) is 3.52. The molecular weight excluding hydrogens is 336 g/mol. The van der Waals surface area contributed by atoms with Crippen molar-refractivity contribution in [1.29, 1.82) is 0 Å². The highest BCUT2D eigenvalue weighted by Gasteiger charge is 2.29. The number of hydrogen-bond donors (Lipinski definition) is 4. The molecule has 0 aliphatic heterocycles. The van der Waals surface area contributed by atoms with Crippen LogP contribution in [0.25, 0.3) is 0 Å². The van der Waals surface area contributed by atoms with Crippen molar-refractivity contribution >= 4 is 5.82 Å². The molecule has 1 atom stereocenters. The second-order valence-corrected chi connectivity index (χ2v) is 5.86. The molecule has 1 aromatic carbocycles. The van der Waals surface area contributed by atoms with Gasteiger partial charge in [-0.15, -0.1) is 0 Å². The number of aromatic nitrogens is 1. The maximum Gasteiger partial charge on any atom is 0.273 e. The van der Waals surface area contributed by atoms with Gasteiger partial charge in [-0.05, 0) is 24.6 Å². The molecule has 0 aliphatic carbocycles. The van der Waals surface area contributed by atoms with Gasteiger partial charge in [0.25, 0.3) is 5.82 Å². The lowest BCUT2D eigenvalue weighted by molar-refractivity contribution is -0.361. The lowest BCUT2D eigenvalue weighted by atomic mass is 10.0. The molecule has 2 aromatic heterocycles. The number of nitrogens with one attached hydrogen (secondary N) is 2. The number of aromatic amines is 1. The van der Waals surface area contributed by atoms with Crippen LogP contribution >= 0.6 is 0 Å². The normalized spacial score (nSPS) is 11.9. The van der Waals surface area contributed by atoms with Crippen LogP contribution in [0.2, 0.25) is 0 Å². The fourth-order valence-electron chi connectivity index (χ4n) is 2.66. The zero-order valence-electron chi connectivity index (χ0n) is 14.1. The van der Waals surface area contributed by atoms with Gasteiger partial charge in [0, 0.05) is 17.7 Å². The van der Waals surface area contributed by atoms with Crippen LogP contribution in [0.15, 0.2) is 57.9 Å². The molecule has 0 spiro atoms. The molecule has 0 bridgehead atoms. The minimum absolute atomic E-state index is 0.0123. The molecule has 0 saturated heterocycles. The first kappa shape index (κ1) is 17.5. The standard InChI is InChI=1S/C19H18N2O5/c1-11-6-7-20-16(8-11)21-17(13-4-2-3-5-14(13)23)19-18(25)15(24)9-12(10-22)26-19/h2-9,17,22-23,25H,10H2,1H3,(H,20,21)/p+1. The molecule has 1 unspecified atom stereocenters. The summed E-state index contributed by atoms with van der Waals surface area (Å²) < 4.78 is 5.52. The number of para-hydroxylation sites is 1. The first-order chi connectivity index (χ1) is 12.5. The first-order valence-corrected chi connectivity index (χ1v) is 7.99. The minimum Gasteiger partial charge on any atom is -0.507 e. The highest BCUT2D eigenvalue weighted by Crippen LogP contribution is 2.35. The van der Waals surface area contributed by atoms with Crippen molar-refractivity contribution < 1.29 is 24.7 Å². The number of aliphatic hydroxyl groups excluding tert-OH is 1. The van der Waals surface area contributed by atoms with E-state index in [2.05, 4.69) is 10.3 Å². The maximum absolute atomic E-state index is 12.0. The zero-order valence-corrected chi connectivity index (χ0v) is 14.1. The number of aromatic hydroxyl groups is 2. The Balaban J connectivity index is 2.17. The summed E-state index contributed by atoms with van der Waals surface area (Å²) in [5.41, 5.74) is 0.707. The van der Waals surface area contributed by atoms with Crippen LogP contribution in [0.3, 0.4) is 0 Å². The van der Waals surface area contributed by atoms with E-state index in [0.29, 0.717) is 11.4 Å². The van der Waals surface area contributed by atoms with Crippen molar-refractivity contribution in [2.24, 2.45) is 0 Å². The summed E-state index contributed by atoms with van der Waals surface area (Å²) in [7, 11) is 0. The highest BCUT2D eigenvalue weighted by molar-refractivity contribution is 5.48. The van der Waals surface area contributed by atoms with E-state index >= 15 is 0 Å². The summed E-state index contributed by atoms with van der Waals surface area (Å²) in [4.78, 5) is 15.0. The summed E-state index contributed by atoms with van der Waals surface area (Å²) in [6.07, 6.45) is 1.74. The van der Waals surface area contributed by atoms with Gasteiger partial charge in [-0.25, -0.2) is 4.98 Å². The van der Waals surface area contributed by atoms with Crippen LogP contribution in [0.5, 0.6) is 11.5 Å². The highest BCUT2D eigenvalue weighted by atomic mass is 16.4. The van der Waals surface area contributed by atoms with E-state index in [4.69, 9.17) is 4.42 Å². The fraction of sp³-hybridized carbons (Fsp3) is 0.158.